The summed E-state index contributed by atoms with van der Waals surface area (Å²) in [5.74, 6) is 0.496. The molecule has 2 saturated carbocycles. The van der Waals surface area contributed by atoms with Crippen LogP contribution in [0.1, 0.15) is 50.0 Å². The van der Waals surface area contributed by atoms with Crippen LogP contribution in [0.15, 0.2) is 24.4 Å². The second-order valence-corrected chi connectivity index (χ2v) is 7.75. The average Bonchev–Trinajstić information content (AvgIpc) is 3.44. The molecule has 2 aliphatic carbocycles. The Hall–Kier alpha value is -2.77. The van der Waals surface area contributed by atoms with Crippen molar-refractivity contribution in [2.24, 2.45) is 5.92 Å². The molecule has 6 nitrogen and oxygen atoms in total. The zero-order valence-electron chi connectivity index (χ0n) is 16.2. The number of amides is 1. The van der Waals surface area contributed by atoms with Crippen molar-refractivity contribution in [2.75, 3.05) is 23.7 Å². The number of benzene rings is 1. The molecule has 0 bridgehead atoms. The summed E-state index contributed by atoms with van der Waals surface area (Å²) >= 11 is 0. The topological polar surface area (TPSA) is 78.9 Å². The SMILES string of the molecule is O=C(NCCCNc1nc(Nc2cc(F)cc(F)c2)ncc1C1CC1)C1CCC1. The van der Waals surface area contributed by atoms with Gasteiger partial charge in [0.05, 0.1) is 0 Å². The molecule has 29 heavy (non-hydrogen) atoms. The first kappa shape index (κ1) is 19.5. The van der Waals surface area contributed by atoms with E-state index in [1.54, 1.807) is 6.20 Å². The third-order valence-corrected chi connectivity index (χ3v) is 5.37. The first-order chi connectivity index (χ1) is 14.1. The molecular weight excluding hydrogens is 376 g/mol. The lowest BCUT2D eigenvalue weighted by Crippen LogP contribution is -2.35. The van der Waals surface area contributed by atoms with E-state index < -0.39 is 11.6 Å². The molecule has 2 aromatic rings. The summed E-state index contributed by atoms with van der Waals surface area (Å²) in [5.41, 5.74) is 1.31. The van der Waals surface area contributed by atoms with Gasteiger partial charge in [0, 0.05) is 42.5 Å². The lowest BCUT2D eigenvalue weighted by molar-refractivity contribution is -0.127. The van der Waals surface area contributed by atoms with Gasteiger partial charge in [-0.3, -0.25) is 4.79 Å². The normalized spacial score (nSPS) is 16.2. The molecule has 0 unspecified atom stereocenters. The molecule has 1 heterocycles. The van der Waals surface area contributed by atoms with Crippen molar-refractivity contribution in [1.29, 1.82) is 0 Å². The highest BCUT2D eigenvalue weighted by atomic mass is 19.1. The first-order valence-corrected chi connectivity index (χ1v) is 10.2. The minimum Gasteiger partial charge on any atom is -0.370 e. The maximum absolute atomic E-state index is 13.4. The van der Waals surface area contributed by atoms with E-state index >= 15 is 0 Å². The van der Waals surface area contributed by atoms with Gasteiger partial charge in [0.1, 0.15) is 17.5 Å². The van der Waals surface area contributed by atoms with Crippen molar-refractivity contribution in [3.8, 4) is 0 Å². The number of aromatic nitrogens is 2. The fraction of sp³-hybridized carbons (Fsp3) is 0.476. The second kappa shape index (κ2) is 8.71. The van der Waals surface area contributed by atoms with E-state index in [4.69, 9.17) is 0 Å². The molecule has 3 N–H and O–H groups in total. The van der Waals surface area contributed by atoms with Crippen LogP contribution in [0.25, 0.3) is 0 Å². The van der Waals surface area contributed by atoms with Crippen molar-refractivity contribution in [1.82, 2.24) is 15.3 Å². The predicted molar refractivity (Wildman–Crippen MR) is 107 cm³/mol. The summed E-state index contributed by atoms with van der Waals surface area (Å²) in [6, 6.07) is 3.21. The second-order valence-electron chi connectivity index (χ2n) is 7.75. The van der Waals surface area contributed by atoms with Crippen LogP contribution in [-0.2, 0) is 4.79 Å². The molecule has 0 atom stereocenters. The Morgan fingerprint density at radius 3 is 2.48 bits per heavy atom. The van der Waals surface area contributed by atoms with Crippen LogP contribution in [0.2, 0.25) is 0 Å². The van der Waals surface area contributed by atoms with Crippen molar-refractivity contribution in [3.63, 3.8) is 0 Å². The van der Waals surface area contributed by atoms with E-state index in [9.17, 15) is 13.6 Å². The quantitative estimate of drug-likeness (QED) is 0.552. The van der Waals surface area contributed by atoms with Gasteiger partial charge in [-0.1, -0.05) is 6.42 Å². The Kier molecular flexibility index (Phi) is 5.87. The Morgan fingerprint density at radius 1 is 1.07 bits per heavy atom. The fourth-order valence-electron chi connectivity index (χ4n) is 3.36. The zero-order valence-corrected chi connectivity index (χ0v) is 16.2. The monoisotopic (exact) mass is 401 g/mol. The summed E-state index contributed by atoms with van der Waals surface area (Å²) in [7, 11) is 0. The molecule has 1 aromatic heterocycles. The molecule has 0 spiro atoms. The molecule has 154 valence electrons. The minimum atomic E-state index is -0.663. The number of anilines is 3. The number of carbonyl (C=O) groups excluding carboxylic acids is 1. The van der Waals surface area contributed by atoms with Crippen LogP contribution >= 0.6 is 0 Å². The van der Waals surface area contributed by atoms with Crippen LogP contribution in [0.4, 0.5) is 26.2 Å². The summed E-state index contributed by atoms with van der Waals surface area (Å²) in [5, 5.41) is 9.16. The molecule has 2 aliphatic rings. The number of nitrogens with zero attached hydrogens (tertiary/aromatic N) is 2. The van der Waals surface area contributed by atoms with E-state index in [-0.39, 0.29) is 23.5 Å². The summed E-state index contributed by atoms with van der Waals surface area (Å²) in [6.07, 6.45) is 7.92. The molecule has 8 heteroatoms. The number of nitrogens with one attached hydrogen (secondary N) is 3. The van der Waals surface area contributed by atoms with E-state index in [0.717, 1.165) is 56.0 Å². The Labute approximate surface area is 168 Å². The molecule has 2 fully saturated rings. The molecule has 0 saturated heterocycles. The fourth-order valence-corrected chi connectivity index (χ4v) is 3.36. The third-order valence-electron chi connectivity index (χ3n) is 5.37. The summed E-state index contributed by atoms with van der Waals surface area (Å²) < 4.78 is 26.8. The Bertz CT molecular complexity index is 863. The average molecular weight is 401 g/mol. The Balaban J connectivity index is 1.34. The van der Waals surface area contributed by atoms with E-state index in [1.165, 1.54) is 12.1 Å². The van der Waals surface area contributed by atoms with Crippen molar-refractivity contribution in [2.45, 2.75) is 44.4 Å². The van der Waals surface area contributed by atoms with Crippen LogP contribution in [0, 0.1) is 17.6 Å². The van der Waals surface area contributed by atoms with Gasteiger partial charge in [-0.05, 0) is 50.2 Å². The van der Waals surface area contributed by atoms with Gasteiger partial charge in [-0.2, -0.15) is 4.98 Å². The van der Waals surface area contributed by atoms with Gasteiger partial charge in [0.25, 0.3) is 0 Å². The third kappa shape index (κ3) is 5.19. The highest BCUT2D eigenvalue weighted by molar-refractivity contribution is 5.79. The van der Waals surface area contributed by atoms with Crippen LogP contribution < -0.4 is 16.0 Å². The number of hydrogen-bond acceptors (Lipinski definition) is 5. The van der Waals surface area contributed by atoms with Crippen molar-refractivity contribution in [3.05, 3.63) is 41.6 Å². The number of hydrogen-bond donors (Lipinski definition) is 3. The van der Waals surface area contributed by atoms with E-state index in [0.29, 0.717) is 19.0 Å². The highest BCUT2D eigenvalue weighted by Gasteiger charge is 2.28. The lowest BCUT2D eigenvalue weighted by atomic mass is 9.85. The molecule has 1 aromatic carbocycles. The number of rotatable bonds is 9. The summed E-state index contributed by atoms with van der Waals surface area (Å²) in [4.78, 5) is 20.7. The van der Waals surface area contributed by atoms with Gasteiger partial charge < -0.3 is 16.0 Å². The van der Waals surface area contributed by atoms with Gasteiger partial charge in [0.15, 0.2) is 0 Å². The molecular formula is C21H25F2N5O. The van der Waals surface area contributed by atoms with Crippen molar-refractivity contribution < 1.29 is 13.6 Å². The minimum absolute atomic E-state index is 0.158. The van der Waals surface area contributed by atoms with Gasteiger partial charge >= 0.3 is 0 Å². The Morgan fingerprint density at radius 2 is 1.83 bits per heavy atom. The van der Waals surface area contributed by atoms with E-state index in [2.05, 4.69) is 25.9 Å². The highest BCUT2D eigenvalue weighted by Crippen LogP contribution is 2.42. The van der Waals surface area contributed by atoms with Gasteiger partial charge in [0.2, 0.25) is 11.9 Å². The molecule has 0 aliphatic heterocycles. The lowest BCUT2D eigenvalue weighted by Gasteiger charge is -2.24. The molecule has 4 rings (SSSR count). The summed E-state index contributed by atoms with van der Waals surface area (Å²) in [6.45, 7) is 1.29. The van der Waals surface area contributed by atoms with Crippen LogP contribution in [0.5, 0.6) is 0 Å². The van der Waals surface area contributed by atoms with Crippen LogP contribution in [-0.4, -0.2) is 29.0 Å². The van der Waals surface area contributed by atoms with Gasteiger partial charge in [-0.15, -0.1) is 0 Å². The largest absolute Gasteiger partial charge is 0.370 e. The number of halogens is 2. The first-order valence-electron chi connectivity index (χ1n) is 10.2. The van der Waals surface area contributed by atoms with Crippen molar-refractivity contribution >= 4 is 23.4 Å². The smallest absolute Gasteiger partial charge is 0.229 e. The standard InChI is InChI=1S/C21H25F2N5O/c22-15-9-16(23)11-17(10-15)27-21-26-12-18(13-5-6-13)19(28-21)24-7-2-8-25-20(29)14-3-1-4-14/h9-14H,1-8H2,(H,25,29)(H2,24,26,27,28). The maximum Gasteiger partial charge on any atom is 0.229 e. The molecule has 0 radical (unpaired) electrons. The predicted octanol–water partition coefficient (Wildman–Crippen LogP) is 4.09. The zero-order chi connectivity index (χ0) is 20.2. The maximum atomic E-state index is 13.4. The number of carbonyl (C=O) groups is 1. The molecule has 1 amide bonds. The van der Waals surface area contributed by atoms with Crippen LogP contribution in [0.3, 0.4) is 0 Å². The van der Waals surface area contributed by atoms with E-state index in [1.807, 2.05) is 0 Å². The van der Waals surface area contributed by atoms with Gasteiger partial charge in [-0.25, -0.2) is 13.8 Å².